The van der Waals surface area contributed by atoms with Gasteiger partial charge in [-0.15, -0.1) is 0 Å². The Balaban J connectivity index is 2.88. The van der Waals surface area contributed by atoms with Crippen LogP contribution in [0.1, 0.15) is 12.8 Å². The lowest BCUT2D eigenvalue weighted by atomic mass is 10.0. The van der Waals surface area contributed by atoms with E-state index in [-0.39, 0.29) is 23.6 Å². The molecule has 0 aromatic carbocycles. The van der Waals surface area contributed by atoms with Gasteiger partial charge in [0.15, 0.2) is 0 Å². The first-order chi connectivity index (χ1) is 11.8. The van der Waals surface area contributed by atoms with Crippen molar-refractivity contribution < 1.29 is 50.8 Å². The average molecular weight is 439 g/mol. The van der Waals surface area contributed by atoms with Crippen LogP contribution in [0.3, 0.4) is 0 Å². The van der Waals surface area contributed by atoms with Gasteiger partial charge in [0.05, 0.1) is 12.4 Å². The molecular weight excluding hydrogens is 418 g/mol. The van der Waals surface area contributed by atoms with Gasteiger partial charge in [-0.2, -0.15) is 8.42 Å². The number of hydrogen-bond acceptors (Lipinski definition) is 12. The van der Waals surface area contributed by atoms with E-state index in [1.54, 1.807) is 0 Å². The second-order valence-electron chi connectivity index (χ2n) is 5.54. The van der Waals surface area contributed by atoms with Crippen LogP contribution in [0.25, 0.3) is 0 Å². The maximum atomic E-state index is 11.2. The summed E-state index contributed by atoms with van der Waals surface area (Å²) in [4.78, 5) is 0. The minimum atomic E-state index is -4.91. The second kappa shape index (κ2) is 9.61. The number of hydrogen-bond donors (Lipinski definition) is 5. The van der Waals surface area contributed by atoms with Crippen molar-refractivity contribution in [2.24, 2.45) is 5.16 Å². The number of oxime groups is 1. The Hall–Kier alpha value is -0.520. The fourth-order valence-corrected chi connectivity index (χ4v) is 4.01. The highest BCUT2D eigenvalue weighted by atomic mass is 32.3. The number of aliphatic hydroxyl groups excluding tert-OH is 4. The molecular formula is C11H21NO11S3. The molecule has 0 aliphatic carbocycles. The molecule has 0 bridgehead atoms. The summed E-state index contributed by atoms with van der Waals surface area (Å²) in [5.41, 5.74) is -1.27. The second-order valence-corrected chi connectivity index (χ2v) is 9.97. The molecule has 0 radical (unpaired) electrons. The topological polar surface area (TPSA) is 200 Å². The monoisotopic (exact) mass is 439 g/mol. The predicted molar refractivity (Wildman–Crippen MR) is 90.4 cm³/mol. The maximum Gasteiger partial charge on any atom is 0.466 e. The molecule has 154 valence electrons. The quantitative estimate of drug-likeness (QED) is 0.115. The van der Waals surface area contributed by atoms with Gasteiger partial charge >= 0.3 is 10.4 Å². The molecule has 1 aliphatic rings. The third-order valence-corrected chi connectivity index (χ3v) is 5.71. The summed E-state index contributed by atoms with van der Waals surface area (Å²) in [5, 5.41) is 41.6. The van der Waals surface area contributed by atoms with Gasteiger partial charge in [0.2, 0.25) is 0 Å². The van der Waals surface area contributed by atoms with Crippen LogP contribution in [-0.2, 0) is 29.3 Å². The molecule has 1 saturated heterocycles. The van der Waals surface area contributed by atoms with Crippen molar-refractivity contribution in [1.82, 2.24) is 0 Å². The molecule has 12 nitrogen and oxygen atoms in total. The number of nitrogens with zero attached hydrogens (tertiary/aromatic N) is 1. The highest BCUT2D eigenvalue weighted by Gasteiger charge is 2.44. The number of thioether (sulfide) groups is 1. The summed E-state index contributed by atoms with van der Waals surface area (Å²) < 4.78 is 61.4. The van der Waals surface area contributed by atoms with E-state index in [0.717, 1.165) is 6.26 Å². The lowest BCUT2D eigenvalue weighted by Crippen LogP contribution is -2.57. The van der Waals surface area contributed by atoms with Crippen LogP contribution in [0.15, 0.2) is 5.16 Å². The molecule has 1 aliphatic heterocycles. The van der Waals surface area contributed by atoms with Crippen molar-refractivity contribution in [3.63, 3.8) is 0 Å². The van der Waals surface area contributed by atoms with Gasteiger partial charge in [-0.1, -0.05) is 16.9 Å². The number of sulfone groups is 1. The SMILES string of the molecule is CS(=O)(=O)CCC/C(=N\OS(=O)(=O)O)S[C@H]1O[C@@H](CO)[C@@H](O)[C@@H](O)[C@H]1O. The minimum Gasteiger partial charge on any atom is -0.394 e. The van der Waals surface area contributed by atoms with Gasteiger partial charge in [0, 0.05) is 12.7 Å². The Bertz CT molecular complexity index is 690. The molecule has 1 heterocycles. The molecule has 0 aromatic heterocycles. The highest BCUT2D eigenvalue weighted by molar-refractivity contribution is 8.14. The predicted octanol–water partition coefficient (Wildman–Crippen LogP) is -2.52. The zero-order valence-electron chi connectivity index (χ0n) is 13.6. The Morgan fingerprint density at radius 1 is 1.15 bits per heavy atom. The first kappa shape index (κ1) is 23.5. The van der Waals surface area contributed by atoms with Gasteiger partial charge in [-0.3, -0.25) is 4.55 Å². The van der Waals surface area contributed by atoms with Crippen molar-refractivity contribution in [2.45, 2.75) is 42.7 Å². The third-order valence-electron chi connectivity index (χ3n) is 3.24. The molecule has 0 saturated carbocycles. The summed E-state index contributed by atoms with van der Waals surface area (Å²) in [7, 11) is -8.21. The van der Waals surface area contributed by atoms with Crippen LogP contribution in [0.4, 0.5) is 0 Å². The van der Waals surface area contributed by atoms with E-state index in [2.05, 4.69) is 9.44 Å². The molecule has 0 aromatic rings. The van der Waals surface area contributed by atoms with Gasteiger partial charge in [-0.25, -0.2) is 12.7 Å². The number of rotatable bonds is 8. The van der Waals surface area contributed by atoms with E-state index in [1.807, 2.05) is 0 Å². The first-order valence-corrected chi connectivity index (χ1v) is 11.5. The Labute approximate surface area is 154 Å². The summed E-state index contributed by atoms with van der Waals surface area (Å²) in [6.45, 7) is -0.663. The van der Waals surface area contributed by atoms with Crippen molar-refractivity contribution >= 4 is 37.0 Å². The smallest absolute Gasteiger partial charge is 0.394 e. The van der Waals surface area contributed by atoms with Gasteiger partial charge < -0.3 is 25.2 Å². The largest absolute Gasteiger partial charge is 0.466 e. The molecule has 15 heteroatoms. The van der Waals surface area contributed by atoms with Crippen LogP contribution in [0.5, 0.6) is 0 Å². The van der Waals surface area contributed by atoms with E-state index in [0.29, 0.717) is 11.8 Å². The Kier molecular flexibility index (Phi) is 8.69. The molecule has 1 rings (SSSR count). The van der Waals surface area contributed by atoms with E-state index in [9.17, 15) is 32.2 Å². The fraction of sp³-hybridized carbons (Fsp3) is 0.909. The van der Waals surface area contributed by atoms with Gasteiger partial charge in [0.25, 0.3) is 0 Å². The van der Waals surface area contributed by atoms with Crippen LogP contribution in [0, 0.1) is 0 Å². The maximum absolute atomic E-state index is 11.2. The molecule has 0 unspecified atom stereocenters. The summed E-state index contributed by atoms with van der Waals surface area (Å²) in [6.07, 6.45) is -5.12. The Morgan fingerprint density at radius 2 is 1.77 bits per heavy atom. The van der Waals surface area contributed by atoms with Crippen molar-refractivity contribution in [1.29, 1.82) is 0 Å². The molecule has 0 spiro atoms. The lowest BCUT2D eigenvalue weighted by Gasteiger charge is -2.39. The van der Waals surface area contributed by atoms with E-state index < -0.39 is 56.7 Å². The van der Waals surface area contributed by atoms with Crippen LogP contribution in [-0.4, -0.2) is 95.3 Å². The van der Waals surface area contributed by atoms with Crippen LogP contribution in [0.2, 0.25) is 0 Å². The molecule has 1 fully saturated rings. The van der Waals surface area contributed by atoms with Crippen LogP contribution >= 0.6 is 11.8 Å². The third kappa shape index (κ3) is 8.01. The molecule has 0 amide bonds. The lowest BCUT2D eigenvalue weighted by molar-refractivity contribution is -0.205. The van der Waals surface area contributed by atoms with Crippen LogP contribution < -0.4 is 0 Å². The normalized spacial score (nSPS) is 31.0. The summed E-state index contributed by atoms with van der Waals surface area (Å²) in [6, 6.07) is 0. The van der Waals surface area contributed by atoms with E-state index in [4.69, 9.17) is 14.4 Å². The zero-order chi connectivity index (χ0) is 20.1. The standard InChI is InChI=1S/C11H21NO11S3/c1-25(17,18)4-2-3-7(12-23-26(19,20)21)24-11-10(16)9(15)8(14)6(5-13)22-11/h6,8-11,13-16H,2-5H2,1H3,(H,19,20,21)/b12-7+/t6-,8+,9+,10+,11+/m0/s1. The summed E-state index contributed by atoms with van der Waals surface area (Å²) in [5.74, 6) is -0.243. The van der Waals surface area contributed by atoms with Crippen molar-refractivity contribution in [3.8, 4) is 0 Å². The van der Waals surface area contributed by atoms with E-state index >= 15 is 0 Å². The van der Waals surface area contributed by atoms with Gasteiger partial charge in [-0.05, 0) is 6.42 Å². The molecule has 5 atom stereocenters. The molecule has 26 heavy (non-hydrogen) atoms. The average Bonchev–Trinajstić information content (AvgIpc) is 2.50. The summed E-state index contributed by atoms with van der Waals surface area (Å²) >= 11 is 0.590. The minimum absolute atomic E-state index is 0.0247. The first-order valence-electron chi connectivity index (χ1n) is 7.22. The molecule has 5 N–H and O–H groups in total. The van der Waals surface area contributed by atoms with Crippen molar-refractivity contribution in [3.05, 3.63) is 0 Å². The Morgan fingerprint density at radius 3 is 2.27 bits per heavy atom. The highest BCUT2D eigenvalue weighted by Crippen LogP contribution is 2.30. The zero-order valence-corrected chi connectivity index (χ0v) is 16.0. The fourth-order valence-electron chi connectivity index (χ4n) is 2.00. The number of aliphatic hydroxyl groups is 4. The van der Waals surface area contributed by atoms with Crippen molar-refractivity contribution in [2.75, 3.05) is 18.6 Å². The van der Waals surface area contributed by atoms with Gasteiger partial charge in [0.1, 0.15) is 44.7 Å². The van der Waals surface area contributed by atoms with E-state index in [1.165, 1.54) is 0 Å². The number of ether oxygens (including phenoxy) is 1.